The lowest BCUT2D eigenvalue weighted by molar-refractivity contribution is 0.250. The molecule has 1 aliphatic heterocycles. The number of rotatable bonds is 7. The molecule has 3 nitrogen and oxygen atoms in total. The maximum atomic E-state index is 6.01. The van der Waals surface area contributed by atoms with E-state index in [4.69, 9.17) is 27.9 Å². The molecule has 3 aromatic rings. The third-order valence-corrected chi connectivity index (χ3v) is 5.85. The molecule has 30 heavy (non-hydrogen) atoms. The van der Waals surface area contributed by atoms with Gasteiger partial charge in [0.2, 0.25) is 0 Å². The summed E-state index contributed by atoms with van der Waals surface area (Å²) in [7, 11) is 0. The lowest BCUT2D eigenvalue weighted by Gasteiger charge is -2.36. The predicted octanol–water partition coefficient (Wildman–Crippen LogP) is 5.94. The van der Waals surface area contributed by atoms with Gasteiger partial charge in [0.15, 0.2) is 0 Å². The molecule has 3 aromatic carbocycles. The first kappa shape index (κ1) is 21.0. The molecule has 5 heteroatoms. The van der Waals surface area contributed by atoms with Crippen LogP contribution in [0.4, 0.5) is 5.69 Å². The van der Waals surface area contributed by atoms with Crippen molar-refractivity contribution in [2.45, 2.75) is 13.0 Å². The molecular weight excluding hydrogens is 415 g/mol. The Morgan fingerprint density at radius 3 is 2.03 bits per heavy atom. The van der Waals surface area contributed by atoms with Crippen LogP contribution >= 0.6 is 23.2 Å². The highest BCUT2D eigenvalue weighted by molar-refractivity contribution is 6.34. The number of nitrogens with zero attached hydrogens (tertiary/aromatic N) is 2. The molecule has 0 bridgehead atoms. The van der Waals surface area contributed by atoms with Gasteiger partial charge in [0.05, 0.1) is 6.61 Å². The first-order valence-electron chi connectivity index (χ1n) is 10.3. The van der Waals surface area contributed by atoms with Gasteiger partial charge < -0.3 is 9.64 Å². The van der Waals surface area contributed by atoms with Crippen LogP contribution in [0.1, 0.15) is 11.1 Å². The second-order valence-corrected chi connectivity index (χ2v) is 8.49. The Bertz CT molecular complexity index is 919. The summed E-state index contributed by atoms with van der Waals surface area (Å²) >= 11 is 12.0. The molecule has 0 radical (unpaired) electrons. The molecule has 0 aromatic heterocycles. The average molecular weight is 441 g/mol. The minimum Gasteiger partial charge on any atom is -0.493 e. The zero-order valence-corrected chi connectivity index (χ0v) is 18.4. The number of piperazine rings is 1. The number of para-hydroxylation sites is 1. The van der Waals surface area contributed by atoms with E-state index in [1.807, 2.05) is 0 Å². The molecule has 0 spiro atoms. The zero-order chi connectivity index (χ0) is 20.8. The summed E-state index contributed by atoms with van der Waals surface area (Å²) in [5.41, 5.74) is 3.94. The van der Waals surface area contributed by atoms with Crippen molar-refractivity contribution in [2.24, 2.45) is 0 Å². The highest BCUT2D eigenvalue weighted by atomic mass is 35.5. The van der Waals surface area contributed by atoms with Gasteiger partial charge in [0, 0.05) is 54.9 Å². The van der Waals surface area contributed by atoms with Crippen LogP contribution in [0.5, 0.6) is 5.75 Å². The van der Waals surface area contributed by atoms with Gasteiger partial charge in [0.1, 0.15) is 5.75 Å². The normalized spacial score (nSPS) is 14.7. The quantitative estimate of drug-likeness (QED) is 0.452. The molecule has 0 aliphatic carbocycles. The van der Waals surface area contributed by atoms with Crippen LogP contribution in [0.2, 0.25) is 10.0 Å². The first-order valence-corrected chi connectivity index (χ1v) is 11.1. The fourth-order valence-corrected chi connectivity index (χ4v) is 4.28. The van der Waals surface area contributed by atoms with Gasteiger partial charge in [-0.3, -0.25) is 4.90 Å². The summed E-state index contributed by atoms with van der Waals surface area (Å²) in [6.45, 7) is 5.93. The van der Waals surface area contributed by atoms with Crippen molar-refractivity contribution in [3.63, 3.8) is 0 Å². The maximum Gasteiger partial charge on any atom is 0.122 e. The van der Waals surface area contributed by atoms with Crippen LogP contribution in [0.15, 0.2) is 72.8 Å². The largest absolute Gasteiger partial charge is 0.493 e. The molecule has 0 unspecified atom stereocenters. The van der Waals surface area contributed by atoms with E-state index in [1.54, 1.807) is 18.2 Å². The van der Waals surface area contributed by atoms with Crippen molar-refractivity contribution in [1.82, 2.24) is 4.90 Å². The van der Waals surface area contributed by atoms with Crippen LogP contribution in [0.3, 0.4) is 0 Å². The van der Waals surface area contributed by atoms with E-state index in [2.05, 4.69) is 64.4 Å². The number of hydrogen-bond acceptors (Lipinski definition) is 3. The second kappa shape index (κ2) is 10.2. The molecule has 156 valence electrons. The minimum atomic E-state index is 0.589. The number of benzene rings is 3. The third kappa shape index (κ3) is 5.91. The van der Waals surface area contributed by atoms with Crippen LogP contribution in [0.25, 0.3) is 0 Å². The molecule has 1 saturated heterocycles. The van der Waals surface area contributed by atoms with E-state index < -0.39 is 0 Å². The number of ether oxygens (including phenoxy) is 1. The van der Waals surface area contributed by atoms with E-state index in [0.717, 1.165) is 39.1 Å². The van der Waals surface area contributed by atoms with E-state index in [9.17, 15) is 0 Å². The Kier molecular flexibility index (Phi) is 7.16. The van der Waals surface area contributed by atoms with Crippen LogP contribution in [0, 0.1) is 0 Å². The second-order valence-electron chi connectivity index (χ2n) is 7.62. The SMILES string of the molecule is Clc1cc(Cl)cc(OCCc2ccc(CN3CCN(c4ccccc4)CC3)cc2)c1. The summed E-state index contributed by atoms with van der Waals surface area (Å²) < 4.78 is 5.79. The van der Waals surface area contributed by atoms with E-state index >= 15 is 0 Å². The summed E-state index contributed by atoms with van der Waals surface area (Å²) in [5, 5.41) is 1.18. The van der Waals surface area contributed by atoms with E-state index in [0.29, 0.717) is 22.4 Å². The van der Waals surface area contributed by atoms with Crippen molar-refractivity contribution < 1.29 is 4.74 Å². The molecule has 0 N–H and O–H groups in total. The number of anilines is 1. The lowest BCUT2D eigenvalue weighted by atomic mass is 10.1. The predicted molar refractivity (Wildman–Crippen MR) is 126 cm³/mol. The standard InChI is InChI=1S/C25H26Cl2N2O/c26-22-16-23(27)18-25(17-22)30-15-10-20-6-8-21(9-7-20)19-28-11-13-29(14-12-28)24-4-2-1-3-5-24/h1-9,16-18H,10-15,19H2. The topological polar surface area (TPSA) is 15.7 Å². The van der Waals surface area contributed by atoms with Crippen molar-refractivity contribution in [3.8, 4) is 5.75 Å². The molecule has 0 atom stereocenters. The minimum absolute atomic E-state index is 0.589. The summed E-state index contributed by atoms with van der Waals surface area (Å²) in [6.07, 6.45) is 0.847. The van der Waals surface area contributed by atoms with Gasteiger partial charge >= 0.3 is 0 Å². The molecule has 4 rings (SSSR count). The Balaban J connectivity index is 1.22. The third-order valence-electron chi connectivity index (χ3n) is 5.42. The monoisotopic (exact) mass is 440 g/mol. The van der Waals surface area contributed by atoms with Gasteiger partial charge in [-0.05, 0) is 41.5 Å². The summed E-state index contributed by atoms with van der Waals surface area (Å²) in [6, 6.07) is 24.8. The molecule has 0 saturated carbocycles. The van der Waals surface area contributed by atoms with Gasteiger partial charge in [-0.2, -0.15) is 0 Å². The van der Waals surface area contributed by atoms with Gasteiger partial charge in [0.25, 0.3) is 0 Å². The Labute approximate surface area is 188 Å². The van der Waals surface area contributed by atoms with Crippen molar-refractivity contribution in [2.75, 3.05) is 37.7 Å². The van der Waals surface area contributed by atoms with Crippen molar-refractivity contribution >= 4 is 28.9 Å². The molecular formula is C25H26Cl2N2O. The molecule has 0 amide bonds. The zero-order valence-electron chi connectivity index (χ0n) is 16.9. The van der Waals surface area contributed by atoms with Crippen LogP contribution in [-0.2, 0) is 13.0 Å². The molecule has 1 fully saturated rings. The number of hydrogen-bond donors (Lipinski definition) is 0. The highest BCUT2D eigenvalue weighted by Gasteiger charge is 2.17. The van der Waals surface area contributed by atoms with E-state index in [-0.39, 0.29) is 0 Å². The first-order chi connectivity index (χ1) is 14.7. The average Bonchev–Trinajstić information content (AvgIpc) is 2.75. The fourth-order valence-electron chi connectivity index (χ4n) is 3.77. The molecule has 1 heterocycles. The Hall–Kier alpha value is -2.20. The lowest BCUT2D eigenvalue weighted by Crippen LogP contribution is -2.45. The van der Waals surface area contributed by atoms with Crippen molar-refractivity contribution in [3.05, 3.63) is 94.0 Å². The smallest absolute Gasteiger partial charge is 0.122 e. The van der Waals surface area contributed by atoms with Crippen molar-refractivity contribution in [1.29, 1.82) is 0 Å². The highest BCUT2D eigenvalue weighted by Crippen LogP contribution is 2.24. The van der Waals surface area contributed by atoms with Crippen LogP contribution < -0.4 is 9.64 Å². The number of halogens is 2. The summed E-state index contributed by atoms with van der Waals surface area (Å²) in [5.74, 6) is 0.707. The molecule has 1 aliphatic rings. The Morgan fingerprint density at radius 2 is 1.37 bits per heavy atom. The van der Waals surface area contributed by atoms with Crippen LogP contribution in [-0.4, -0.2) is 37.7 Å². The maximum absolute atomic E-state index is 6.01. The van der Waals surface area contributed by atoms with Gasteiger partial charge in [-0.25, -0.2) is 0 Å². The van der Waals surface area contributed by atoms with Gasteiger partial charge in [-0.1, -0.05) is 65.7 Å². The summed E-state index contributed by atoms with van der Waals surface area (Å²) in [4.78, 5) is 4.99. The Morgan fingerprint density at radius 1 is 0.733 bits per heavy atom. The fraction of sp³-hybridized carbons (Fsp3) is 0.280. The van der Waals surface area contributed by atoms with E-state index in [1.165, 1.54) is 16.8 Å². The van der Waals surface area contributed by atoms with Gasteiger partial charge in [-0.15, -0.1) is 0 Å².